The van der Waals surface area contributed by atoms with E-state index >= 15 is 0 Å². The van der Waals surface area contributed by atoms with Gasteiger partial charge in [0.15, 0.2) is 0 Å². The summed E-state index contributed by atoms with van der Waals surface area (Å²) < 4.78 is 0. The lowest BCUT2D eigenvalue weighted by Crippen LogP contribution is -2.44. The summed E-state index contributed by atoms with van der Waals surface area (Å²) in [5.41, 5.74) is 2.50. The molecule has 3 heteroatoms. The Morgan fingerprint density at radius 2 is 1.89 bits per heavy atom. The molecule has 0 spiro atoms. The Bertz CT molecular complexity index is 386. The van der Waals surface area contributed by atoms with E-state index in [0.29, 0.717) is 6.42 Å². The van der Waals surface area contributed by atoms with E-state index in [1.807, 2.05) is 6.92 Å². The number of benzene rings is 1. The van der Waals surface area contributed by atoms with Gasteiger partial charge in [0.05, 0.1) is 0 Å². The predicted molar refractivity (Wildman–Crippen MR) is 78.4 cm³/mol. The van der Waals surface area contributed by atoms with Gasteiger partial charge < -0.3 is 10.4 Å². The predicted octanol–water partition coefficient (Wildman–Crippen LogP) is 3.16. The van der Waals surface area contributed by atoms with E-state index in [1.54, 1.807) is 0 Å². The van der Waals surface area contributed by atoms with Gasteiger partial charge in [0.2, 0.25) is 0 Å². The van der Waals surface area contributed by atoms with Gasteiger partial charge in [-0.05, 0) is 31.7 Å². The van der Waals surface area contributed by atoms with Crippen LogP contribution in [0, 0.1) is 6.92 Å². The van der Waals surface area contributed by atoms with Crippen molar-refractivity contribution in [3.05, 3.63) is 35.4 Å². The monoisotopic (exact) mass is 263 g/mol. The lowest BCUT2D eigenvalue weighted by atomic mass is 10.0. The normalized spacial score (nSPS) is 14.1. The molecule has 2 N–H and O–H groups in total. The number of carboxylic acids is 1. The summed E-state index contributed by atoms with van der Waals surface area (Å²) >= 11 is 0. The highest BCUT2D eigenvalue weighted by atomic mass is 16.4. The second-order valence-corrected chi connectivity index (χ2v) is 5.14. The van der Waals surface area contributed by atoms with Crippen molar-refractivity contribution < 1.29 is 9.90 Å². The maximum absolute atomic E-state index is 11.2. The van der Waals surface area contributed by atoms with Crippen LogP contribution >= 0.6 is 0 Å². The third-order valence-corrected chi connectivity index (χ3v) is 3.41. The molecule has 3 nitrogen and oxygen atoms in total. The average Bonchev–Trinajstić information content (AvgIpc) is 2.39. The molecule has 0 aliphatic rings. The molecule has 106 valence electrons. The average molecular weight is 263 g/mol. The van der Waals surface area contributed by atoms with Crippen molar-refractivity contribution in [3.63, 3.8) is 0 Å². The van der Waals surface area contributed by atoms with Crippen LogP contribution in [0.1, 0.15) is 44.2 Å². The van der Waals surface area contributed by atoms with Gasteiger partial charge in [-0.1, -0.05) is 50.1 Å². The van der Waals surface area contributed by atoms with E-state index in [4.69, 9.17) is 0 Å². The molecular formula is C16H25NO2. The van der Waals surface area contributed by atoms with Gasteiger partial charge in [-0.2, -0.15) is 0 Å². The Balaban J connectivity index is 2.61. The quantitative estimate of drug-likeness (QED) is 0.757. The van der Waals surface area contributed by atoms with Gasteiger partial charge in [-0.15, -0.1) is 0 Å². The summed E-state index contributed by atoms with van der Waals surface area (Å²) in [6, 6.07) is 8.23. The Hall–Kier alpha value is -1.35. The van der Waals surface area contributed by atoms with Crippen molar-refractivity contribution in [2.24, 2.45) is 0 Å². The summed E-state index contributed by atoms with van der Waals surface area (Å²) in [6.07, 6.45) is 3.37. The highest BCUT2D eigenvalue weighted by Gasteiger charge is 2.19. The number of aliphatic carboxylic acids is 1. The summed E-state index contributed by atoms with van der Waals surface area (Å²) in [5, 5.41) is 12.5. The lowest BCUT2D eigenvalue weighted by Gasteiger charge is -2.22. The van der Waals surface area contributed by atoms with Crippen molar-refractivity contribution in [2.75, 3.05) is 0 Å². The molecule has 0 aliphatic carbocycles. The molecule has 0 aromatic heterocycles. The largest absolute Gasteiger partial charge is 0.480 e. The van der Waals surface area contributed by atoms with Gasteiger partial charge in [0, 0.05) is 6.04 Å². The van der Waals surface area contributed by atoms with E-state index in [1.165, 1.54) is 11.1 Å². The SMILES string of the molecule is CCCC(NC(CC)Cc1ccc(C)cc1)C(=O)O. The van der Waals surface area contributed by atoms with E-state index in [-0.39, 0.29) is 6.04 Å². The van der Waals surface area contributed by atoms with Gasteiger partial charge in [-0.3, -0.25) is 4.79 Å². The maximum atomic E-state index is 11.2. The molecule has 2 unspecified atom stereocenters. The van der Waals surface area contributed by atoms with E-state index < -0.39 is 12.0 Å². The molecule has 19 heavy (non-hydrogen) atoms. The van der Waals surface area contributed by atoms with Crippen molar-refractivity contribution >= 4 is 5.97 Å². The number of carboxylic acid groups (broad SMARTS) is 1. The topological polar surface area (TPSA) is 49.3 Å². The zero-order valence-corrected chi connectivity index (χ0v) is 12.1. The van der Waals surface area contributed by atoms with Crippen LogP contribution in [-0.2, 0) is 11.2 Å². The van der Waals surface area contributed by atoms with Crippen molar-refractivity contribution in [1.82, 2.24) is 5.32 Å². The van der Waals surface area contributed by atoms with Crippen LogP contribution < -0.4 is 5.32 Å². The minimum Gasteiger partial charge on any atom is -0.480 e. The van der Waals surface area contributed by atoms with Crippen LogP contribution in [0.15, 0.2) is 24.3 Å². The van der Waals surface area contributed by atoms with Crippen LogP contribution in [0.2, 0.25) is 0 Å². The van der Waals surface area contributed by atoms with E-state index in [2.05, 4.69) is 43.4 Å². The first kappa shape index (κ1) is 15.7. The first-order valence-corrected chi connectivity index (χ1v) is 7.11. The molecule has 2 atom stereocenters. The van der Waals surface area contributed by atoms with Gasteiger partial charge in [0.1, 0.15) is 6.04 Å². The molecule has 0 saturated heterocycles. The molecule has 1 rings (SSSR count). The minimum atomic E-state index is -0.746. The molecule has 0 bridgehead atoms. The number of aryl methyl sites for hydroxylation is 1. The molecule has 0 heterocycles. The Labute approximate surface area is 116 Å². The van der Waals surface area contributed by atoms with Crippen molar-refractivity contribution in [3.8, 4) is 0 Å². The Kier molecular flexibility index (Phi) is 6.57. The van der Waals surface area contributed by atoms with Gasteiger partial charge in [0.25, 0.3) is 0 Å². The van der Waals surface area contributed by atoms with E-state index in [0.717, 1.165) is 19.3 Å². The third kappa shape index (κ3) is 5.43. The fourth-order valence-electron chi connectivity index (χ4n) is 2.18. The van der Waals surface area contributed by atoms with Crippen molar-refractivity contribution in [1.29, 1.82) is 0 Å². The maximum Gasteiger partial charge on any atom is 0.320 e. The number of carbonyl (C=O) groups is 1. The third-order valence-electron chi connectivity index (χ3n) is 3.41. The zero-order valence-electron chi connectivity index (χ0n) is 12.1. The van der Waals surface area contributed by atoms with Crippen LogP contribution in [0.4, 0.5) is 0 Å². The standard InChI is InChI=1S/C16H25NO2/c1-4-6-15(16(18)19)17-14(5-2)11-13-9-7-12(3)8-10-13/h7-10,14-15,17H,4-6,11H2,1-3H3,(H,18,19). The first-order valence-electron chi connectivity index (χ1n) is 7.11. The molecule has 1 aromatic rings. The fourth-order valence-corrected chi connectivity index (χ4v) is 2.18. The highest BCUT2D eigenvalue weighted by molar-refractivity contribution is 5.73. The number of rotatable bonds is 8. The first-order chi connectivity index (χ1) is 9.06. The van der Waals surface area contributed by atoms with Crippen molar-refractivity contribution in [2.45, 2.75) is 58.5 Å². The minimum absolute atomic E-state index is 0.218. The molecule has 0 fully saturated rings. The molecule has 0 saturated carbocycles. The lowest BCUT2D eigenvalue weighted by molar-refractivity contribution is -0.139. The summed E-state index contributed by atoms with van der Waals surface area (Å²) in [7, 11) is 0. The smallest absolute Gasteiger partial charge is 0.320 e. The number of hydrogen-bond acceptors (Lipinski definition) is 2. The molecule has 0 amide bonds. The van der Waals surface area contributed by atoms with Gasteiger partial charge in [-0.25, -0.2) is 0 Å². The van der Waals surface area contributed by atoms with Crippen LogP contribution in [-0.4, -0.2) is 23.2 Å². The van der Waals surface area contributed by atoms with Crippen LogP contribution in [0.5, 0.6) is 0 Å². The summed E-state index contributed by atoms with van der Waals surface area (Å²) in [4.78, 5) is 11.2. The zero-order chi connectivity index (χ0) is 14.3. The Morgan fingerprint density at radius 3 is 2.37 bits per heavy atom. The molecule has 0 aliphatic heterocycles. The second-order valence-electron chi connectivity index (χ2n) is 5.14. The Morgan fingerprint density at radius 1 is 1.26 bits per heavy atom. The fraction of sp³-hybridized carbons (Fsp3) is 0.562. The highest BCUT2D eigenvalue weighted by Crippen LogP contribution is 2.10. The van der Waals surface area contributed by atoms with E-state index in [9.17, 15) is 9.90 Å². The molecule has 1 aromatic carbocycles. The molecule has 0 radical (unpaired) electrons. The van der Waals surface area contributed by atoms with Crippen LogP contribution in [0.3, 0.4) is 0 Å². The number of hydrogen-bond donors (Lipinski definition) is 2. The van der Waals surface area contributed by atoms with Gasteiger partial charge >= 0.3 is 5.97 Å². The second kappa shape index (κ2) is 7.95. The van der Waals surface area contributed by atoms with Crippen LogP contribution in [0.25, 0.3) is 0 Å². The summed E-state index contributed by atoms with van der Waals surface area (Å²) in [6.45, 7) is 6.18. The molecular weight excluding hydrogens is 238 g/mol. The number of nitrogens with one attached hydrogen (secondary N) is 1. The summed E-state index contributed by atoms with van der Waals surface area (Å²) in [5.74, 6) is -0.746.